The fourth-order valence-electron chi connectivity index (χ4n) is 10.7. The number of nitrogens with one attached hydrogen (secondary N) is 1. The van der Waals surface area contributed by atoms with E-state index < -0.39 is 96.0 Å². The number of esters is 1. The number of pyridine rings is 1. The molecule has 1 aromatic carbocycles. The number of benzene rings is 1. The molecular weight excluding hydrogens is 884 g/mol. The van der Waals surface area contributed by atoms with Gasteiger partial charge in [0.2, 0.25) is 0 Å². The average Bonchev–Trinajstić information content (AvgIpc) is 3.26. The summed E-state index contributed by atoms with van der Waals surface area (Å²) in [6.07, 6.45) is -6.95. The Hall–Kier alpha value is -2.29. The molecule has 0 bridgehead atoms. The molecule has 0 saturated carbocycles. The maximum atomic E-state index is 14.5. The summed E-state index contributed by atoms with van der Waals surface area (Å²) in [5.41, 5.74) is -4.42. The van der Waals surface area contributed by atoms with Crippen LogP contribution in [0.25, 0.3) is 10.8 Å². The lowest BCUT2D eigenvalue weighted by Gasteiger charge is -2.49. The van der Waals surface area contributed by atoms with Gasteiger partial charge >= 0.3 is 5.97 Å². The molecule has 17 heteroatoms. The summed E-state index contributed by atoms with van der Waals surface area (Å²) < 4.78 is 45.7. The lowest BCUT2D eigenvalue weighted by molar-refractivity contribution is -0.321. The zero-order valence-electron chi connectivity index (χ0n) is 42.5. The SMILES string of the molecule is CC[C@H]1OC(=O)[C@H](C)[C@@H](O[C@H]2C[C@@](C)(OC)[C@@H](O)[C@H](C)O2)[C@H](C)[C@@H](O[C@@H]2O[C@H](C)C[C@H](N(C)C)[C@H]2OCCCNc2nc(Cl)cc3ccccc23)[C@](C)(O)C[C@@H](C)CN(C)[C@H](C)[C@@H](O)[C@]1(C)O. The number of nitrogens with zero attached hydrogens (tertiary/aromatic N) is 3. The van der Waals surface area contributed by atoms with Crippen LogP contribution in [0.3, 0.4) is 0 Å². The van der Waals surface area contributed by atoms with Gasteiger partial charge in [-0.05, 0) is 113 Å². The van der Waals surface area contributed by atoms with Crippen LogP contribution in [0.1, 0.15) is 101 Å². The number of hydrogen-bond donors (Lipinski definition) is 5. The third-order valence-corrected chi connectivity index (χ3v) is 15.0. The minimum atomic E-state index is -1.82. The number of carbonyl (C=O) groups is 1. The number of carbonyl (C=O) groups excluding carboxylic acids is 1. The lowest BCUT2D eigenvalue weighted by atomic mass is 9.77. The summed E-state index contributed by atoms with van der Waals surface area (Å²) in [7, 11) is 7.39. The lowest BCUT2D eigenvalue weighted by Crippen LogP contribution is -2.61. The fraction of sp³-hybridized carbons (Fsp3) is 0.800. The van der Waals surface area contributed by atoms with Crippen molar-refractivity contribution < 1.29 is 58.4 Å². The smallest absolute Gasteiger partial charge is 0.311 e. The summed E-state index contributed by atoms with van der Waals surface area (Å²) in [4.78, 5) is 23.1. The van der Waals surface area contributed by atoms with Gasteiger partial charge < -0.3 is 68.7 Å². The van der Waals surface area contributed by atoms with Gasteiger partial charge in [0, 0.05) is 56.6 Å². The van der Waals surface area contributed by atoms with Gasteiger partial charge in [-0.3, -0.25) is 4.79 Å². The highest BCUT2D eigenvalue weighted by Gasteiger charge is 2.53. The highest BCUT2D eigenvalue weighted by atomic mass is 35.5. The molecule has 2 aromatic rings. The largest absolute Gasteiger partial charge is 0.459 e. The molecule has 16 nitrogen and oxygen atoms in total. The van der Waals surface area contributed by atoms with E-state index in [9.17, 15) is 25.2 Å². The number of likely N-dealkylation sites (N-methyl/N-ethyl adjacent to an activating group) is 2. The number of hydrogen-bond acceptors (Lipinski definition) is 16. The first-order chi connectivity index (χ1) is 31.3. The fourth-order valence-corrected chi connectivity index (χ4v) is 10.9. The molecule has 4 heterocycles. The topological polar surface area (TPSA) is 194 Å². The van der Waals surface area contributed by atoms with E-state index in [2.05, 4.69) is 15.2 Å². The van der Waals surface area contributed by atoms with E-state index in [1.54, 1.807) is 34.6 Å². The van der Waals surface area contributed by atoms with Crippen molar-refractivity contribution in [2.75, 3.05) is 53.3 Å². The van der Waals surface area contributed by atoms with Gasteiger partial charge in [0.25, 0.3) is 0 Å². The van der Waals surface area contributed by atoms with Crippen molar-refractivity contribution >= 4 is 34.2 Å². The molecule has 0 unspecified atom stereocenters. The van der Waals surface area contributed by atoms with Crippen molar-refractivity contribution in [3.05, 3.63) is 35.5 Å². The average molecular weight is 968 g/mol. The quantitative estimate of drug-likeness (QED) is 0.0942. The second-order valence-corrected chi connectivity index (χ2v) is 21.2. The Bertz CT molecular complexity index is 1900. The molecule has 0 radical (unpaired) electrons. The van der Waals surface area contributed by atoms with Gasteiger partial charge in [0.1, 0.15) is 41.0 Å². The van der Waals surface area contributed by atoms with Crippen molar-refractivity contribution in [3.8, 4) is 0 Å². The maximum Gasteiger partial charge on any atom is 0.311 e. The molecule has 0 spiro atoms. The molecule has 0 aliphatic carbocycles. The first-order valence-corrected chi connectivity index (χ1v) is 24.7. The zero-order chi connectivity index (χ0) is 49.8. The van der Waals surface area contributed by atoms with Gasteiger partial charge in [-0.25, -0.2) is 4.98 Å². The van der Waals surface area contributed by atoms with E-state index in [1.165, 1.54) is 14.0 Å². The van der Waals surface area contributed by atoms with Crippen LogP contribution in [0.2, 0.25) is 5.15 Å². The molecule has 5 N–H and O–H groups in total. The monoisotopic (exact) mass is 967 g/mol. The van der Waals surface area contributed by atoms with Gasteiger partial charge in [0.15, 0.2) is 12.6 Å². The Morgan fingerprint density at radius 3 is 2.33 bits per heavy atom. The first kappa shape index (κ1) is 55.6. The van der Waals surface area contributed by atoms with E-state index in [0.717, 1.165) is 10.8 Å². The highest BCUT2D eigenvalue weighted by Crippen LogP contribution is 2.41. The summed E-state index contributed by atoms with van der Waals surface area (Å²) in [6.45, 7) is 19.3. The van der Waals surface area contributed by atoms with Crippen molar-refractivity contribution in [3.63, 3.8) is 0 Å². The van der Waals surface area contributed by atoms with E-state index in [4.69, 9.17) is 44.8 Å². The zero-order valence-corrected chi connectivity index (χ0v) is 43.2. The van der Waals surface area contributed by atoms with Crippen molar-refractivity contribution in [1.82, 2.24) is 14.8 Å². The number of aliphatic hydroxyl groups excluding tert-OH is 2. The predicted molar refractivity (Wildman–Crippen MR) is 258 cm³/mol. The minimum absolute atomic E-state index is 0.127. The van der Waals surface area contributed by atoms with Crippen molar-refractivity contribution in [2.45, 2.75) is 192 Å². The van der Waals surface area contributed by atoms with E-state index in [1.807, 2.05) is 84.1 Å². The third-order valence-electron chi connectivity index (χ3n) is 14.8. The number of aromatic nitrogens is 1. The second-order valence-electron chi connectivity index (χ2n) is 20.8. The molecule has 3 aliphatic heterocycles. The molecule has 1 aromatic heterocycles. The number of anilines is 1. The van der Waals surface area contributed by atoms with Crippen LogP contribution in [0.5, 0.6) is 0 Å². The van der Waals surface area contributed by atoms with Crippen molar-refractivity contribution in [1.29, 1.82) is 0 Å². The van der Waals surface area contributed by atoms with Crippen LogP contribution in [-0.4, -0.2) is 179 Å². The molecule has 3 saturated heterocycles. The number of rotatable bonds is 13. The van der Waals surface area contributed by atoms with Gasteiger partial charge in [-0.2, -0.15) is 0 Å². The standard InChI is InChI=1S/C50H83ClN4O12/c1-15-37-50(10,60)42(56)32(6)55(13)27-28(2)25-48(8,59)44(30(4)40(31(5)46(58)65-37)66-39-26-49(9,61-14)43(57)33(7)64-39)67-47-41(36(54(11)12)23-29(3)63-47)62-22-18-21-52-45-35-20-17-16-19-34(35)24-38(51)53-45/h16-17,19-20,24,28-33,36-37,39-44,47,56-57,59-60H,15,18,21-23,25-27H2,1-14H3,(H,52,53)/t28-,29-,30+,31-,32-,33+,36+,37-,39+,40+,41-,42-,43+,44-,47+,48-,49-,50-/m1/s1. The Balaban J connectivity index is 1.52. The van der Waals surface area contributed by atoms with Crippen molar-refractivity contribution in [2.24, 2.45) is 17.8 Å². The van der Waals surface area contributed by atoms with E-state index in [0.29, 0.717) is 43.5 Å². The van der Waals surface area contributed by atoms with E-state index in [-0.39, 0.29) is 37.3 Å². The predicted octanol–water partition coefficient (Wildman–Crippen LogP) is 5.63. The molecule has 382 valence electrons. The molecule has 0 amide bonds. The van der Waals surface area contributed by atoms with Gasteiger partial charge in [-0.15, -0.1) is 0 Å². The van der Waals surface area contributed by atoms with Crippen LogP contribution < -0.4 is 5.32 Å². The third kappa shape index (κ3) is 13.2. The second kappa shape index (κ2) is 23.3. The van der Waals surface area contributed by atoms with Crippen LogP contribution >= 0.6 is 11.6 Å². The molecule has 67 heavy (non-hydrogen) atoms. The number of methoxy groups -OCH3 is 1. The number of halogens is 1. The summed E-state index contributed by atoms with van der Waals surface area (Å²) >= 11 is 6.37. The Kier molecular flexibility index (Phi) is 19.3. The molecule has 3 aliphatic rings. The normalized spacial score (nSPS) is 41.1. The van der Waals surface area contributed by atoms with Crippen LogP contribution in [0.15, 0.2) is 30.3 Å². The summed E-state index contributed by atoms with van der Waals surface area (Å²) in [5, 5.41) is 53.4. The minimum Gasteiger partial charge on any atom is -0.459 e. The molecule has 18 atom stereocenters. The van der Waals surface area contributed by atoms with Crippen LogP contribution in [0.4, 0.5) is 5.82 Å². The number of fused-ring (bicyclic) bond motifs is 1. The number of aliphatic hydroxyl groups is 4. The van der Waals surface area contributed by atoms with Gasteiger partial charge in [-0.1, -0.05) is 56.6 Å². The van der Waals surface area contributed by atoms with Crippen LogP contribution in [0, 0.1) is 17.8 Å². The highest BCUT2D eigenvalue weighted by molar-refractivity contribution is 6.30. The number of ether oxygens (including phenoxy) is 7. The summed E-state index contributed by atoms with van der Waals surface area (Å²) in [5.74, 6) is -1.91. The Morgan fingerprint density at radius 2 is 1.67 bits per heavy atom. The maximum absolute atomic E-state index is 14.5. The molecule has 3 fully saturated rings. The number of cyclic esters (lactones) is 1. The molecule has 5 rings (SSSR count). The summed E-state index contributed by atoms with van der Waals surface area (Å²) in [6, 6.07) is 9.09. The Labute approximate surface area is 404 Å². The van der Waals surface area contributed by atoms with Gasteiger partial charge in [0.05, 0.1) is 41.5 Å². The molecular formula is C50H83ClN4O12. The first-order valence-electron chi connectivity index (χ1n) is 24.3. The van der Waals surface area contributed by atoms with E-state index >= 15 is 0 Å². The Morgan fingerprint density at radius 1 is 0.985 bits per heavy atom. The van der Waals surface area contributed by atoms with Crippen LogP contribution in [-0.2, 0) is 38.0 Å².